The fourth-order valence-corrected chi connectivity index (χ4v) is 5.67. The van der Waals surface area contributed by atoms with E-state index in [-0.39, 0.29) is 31.0 Å². The van der Waals surface area contributed by atoms with Crippen molar-refractivity contribution in [2.24, 2.45) is 0 Å². The molecule has 0 N–H and O–H groups in total. The molecule has 0 radical (unpaired) electrons. The van der Waals surface area contributed by atoms with Crippen molar-refractivity contribution in [3.8, 4) is 0 Å². The summed E-state index contributed by atoms with van der Waals surface area (Å²) in [5.41, 5.74) is 2.12. The third-order valence-electron chi connectivity index (χ3n) is 6.69. The number of carbonyl (C=O) groups is 2. The normalized spacial score (nSPS) is 13.9. The smallest absolute Gasteiger partial charge is 0.249 e. The zero-order chi connectivity index (χ0) is 25.2. The molecule has 2 amide bonds. The number of carbonyl (C=O) groups excluding carboxylic acids is 2. The van der Waals surface area contributed by atoms with E-state index in [9.17, 15) is 9.59 Å². The van der Waals surface area contributed by atoms with Gasteiger partial charge in [-0.2, -0.15) is 0 Å². The minimum atomic E-state index is -0.0992. The zero-order valence-corrected chi connectivity index (χ0v) is 21.9. The number of ether oxygens (including phenoxy) is 1. The molecule has 0 spiro atoms. The molecule has 0 aliphatic heterocycles. The number of hydrogen-bond acceptors (Lipinski definition) is 4. The molecular formula is C30H36N2O3S. The first-order valence-corrected chi connectivity index (χ1v) is 13.7. The van der Waals surface area contributed by atoms with Crippen molar-refractivity contribution < 1.29 is 14.3 Å². The van der Waals surface area contributed by atoms with E-state index in [1.54, 1.807) is 16.2 Å². The number of rotatable bonds is 11. The van der Waals surface area contributed by atoms with Crippen LogP contribution in [0.4, 0.5) is 0 Å². The SMILES string of the molecule is Cc1ccc(CN(Cc2ccccc2)C(=O)CN(C(=O)COCc2ccccc2)C2CCCCC2)s1. The quantitative estimate of drug-likeness (QED) is 0.324. The molecule has 1 saturated carbocycles. The van der Waals surface area contributed by atoms with E-state index in [2.05, 4.69) is 19.1 Å². The molecule has 4 rings (SSSR count). The molecule has 1 aromatic heterocycles. The van der Waals surface area contributed by atoms with Gasteiger partial charge in [0, 0.05) is 22.3 Å². The predicted octanol–water partition coefficient (Wildman–Crippen LogP) is 5.96. The lowest BCUT2D eigenvalue weighted by molar-refractivity contribution is -0.147. The number of nitrogens with zero attached hydrogens (tertiary/aromatic N) is 2. The second-order valence-corrected chi connectivity index (χ2v) is 10.9. The van der Waals surface area contributed by atoms with E-state index < -0.39 is 0 Å². The average Bonchev–Trinajstić information content (AvgIpc) is 3.32. The van der Waals surface area contributed by atoms with Gasteiger partial charge in [-0.05, 0) is 43.0 Å². The summed E-state index contributed by atoms with van der Waals surface area (Å²) in [4.78, 5) is 33.1. The molecule has 2 aromatic carbocycles. The van der Waals surface area contributed by atoms with Crippen molar-refractivity contribution in [1.82, 2.24) is 9.80 Å². The van der Waals surface area contributed by atoms with Crippen LogP contribution < -0.4 is 0 Å². The van der Waals surface area contributed by atoms with Crippen LogP contribution in [0, 0.1) is 6.92 Å². The van der Waals surface area contributed by atoms with Gasteiger partial charge in [-0.3, -0.25) is 9.59 Å². The summed E-state index contributed by atoms with van der Waals surface area (Å²) < 4.78 is 5.77. The summed E-state index contributed by atoms with van der Waals surface area (Å²) in [7, 11) is 0. The van der Waals surface area contributed by atoms with Crippen LogP contribution in [0.5, 0.6) is 0 Å². The molecule has 0 unspecified atom stereocenters. The van der Waals surface area contributed by atoms with Gasteiger partial charge in [0.1, 0.15) is 13.2 Å². The highest BCUT2D eigenvalue weighted by Gasteiger charge is 2.29. The Kier molecular flexibility index (Phi) is 9.70. The second-order valence-electron chi connectivity index (χ2n) is 9.54. The van der Waals surface area contributed by atoms with Crippen LogP contribution in [0.2, 0.25) is 0 Å². The van der Waals surface area contributed by atoms with Crippen LogP contribution in [0.25, 0.3) is 0 Å². The Morgan fingerprint density at radius 1 is 0.833 bits per heavy atom. The lowest BCUT2D eigenvalue weighted by Crippen LogP contribution is -2.49. The van der Waals surface area contributed by atoms with Crippen molar-refractivity contribution in [3.63, 3.8) is 0 Å². The number of hydrogen-bond donors (Lipinski definition) is 0. The second kappa shape index (κ2) is 13.4. The fraction of sp³-hybridized carbons (Fsp3) is 0.400. The zero-order valence-electron chi connectivity index (χ0n) is 21.1. The summed E-state index contributed by atoms with van der Waals surface area (Å²) in [5, 5.41) is 0. The highest BCUT2D eigenvalue weighted by Crippen LogP contribution is 2.24. The van der Waals surface area contributed by atoms with Gasteiger partial charge >= 0.3 is 0 Å². The van der Waals surface area contributed by atoms with Crippen LogP contribution in [0.15, 0.2) is 72.8 Å². The Hall–Kier alpha value is -2.96. The first kappa shape index (κ1) is 26.1. The first-order valence-electron chi connectivity index (χ1n) is 12.9. The highest BCUT2D eigenvalue weighted by atomic mass is 32.1. The topological polar surface area (TPSA) is 49.9 Å². The molecule has 1 aliphatic rings. The lowest BCUT2D eigenvalue weighted by Gasteiger charge is -2.35. The molecule has 0 saturated heterocycles. The molecule has 0 atom stereocenters. The Morgan fingerprint density at radius 2 is 1.50 bits per heavy atom. The van der Waals surface area contributed by atoms with E-state index >= 15 is 0 Å². The maximum atomic E-state index is 13.7. The third-order valence-corrected chi connectivity index (χ3v) is 7.68. The standard InChI is InChI=1S/C30H36N2O3S/c1-24-17-18-28(36-24)20-31(19-25-11-5-2-6-12-25)29(33)21-32(27-15-9-4-10-16-27)30(34)23-35-22-26-13-7-3-8-14-26/h2-3,5-8,11-14,17-18,27H,4,9-10,15-16,19-23H2,1H3. The minimum absolute atomic E-state index is 0.0124. The third kappa shape index (κ3) is 7.77. The number of aryl methyl sites for hydroxylation is 1. The van der Waals surface area contributed by atoms with Gasteiger partial charge < -0.3 is 14.5 Å². The summed E-state index contributed by atoms with van der Waals surface area (Å²) in [5.74, 6) is -0.121. The van der Waals surface area contributed by atoms with Crippen LogP contribution in [-0.2, 0) is 34.0 Å². The molecule has 5 nitrogen and oxygen atoms in total. The molecule has 6 heteroatoms. The molecule has 3 aromatic rings. The van der Waals surface area contributed by atoms with Crippen molar-refractivity contribution in [3.05, 3.63) is 93.7 Å². The van der Waals surface area contributed by atoms with E-state index in [1.165, 1.54) is 11.3 Å². The maximum absolute atomic E-state index is 13.7. The van der Waals surface area contributed by atoms with Crippen molar-refractivity contribution >= 4 is 23.2 Å². The molecule has 1 heterocycles. The monoisotopic (exact) mass is 504 g/mol. The minimum Gasteiger partial charge on any atom is -0.367 e. The van der Waals surface area contributed by atoms with Crippen LogP contribution in [-0.4, -0.2) is 40.8 Å². The predicted molar refractivity (Wildman–Crippen MR) is 144 cm³/mol. The number of thiophene rings is 1. The van der Waals surface area contributed by atoms with Crippen molar-refractivity contribution in [2.45, 2.75) is 64.8 Å². The Morgan fingerprint density at radius 3 is 2.14 bits per heavy atom. The molecule has 0 bridgehead atoms. The Balaban J connectivity index is 1.46. The van der Waals surface area contributed by atoms with E-state index in [0.717, 1.165) is 41.7 Å². The van der Waals surface area contributed by atoms with Gasteiger partial charge in [0.2, 0.25) is 11.8 Å². The fourth-order valence-electron chi connectivity index (χ4n) is 4.77. The maximum Gasteiger partial charge on any atom is 0.249 e. The van der Waals surface area contributed by atoms with Crippen molar-refractivity contribution in [2.75, 3.05) is 13.2 Å². The highest BCUT2D eigenvalue weighted by molar-refractivity contribution is 7.11. The van der Waals surface area contributed by atoms with Crippen molar-refractivity contribution in [1.29, 1.82) is 0 Å². The molecule has 1 aliphatic carbocycles. The Labute approximate surface area is 218 Å². The van der Waals surface area contributed by atoms with Crippen LogP contribution >= 0.6 is 11.3 Å². The number of benzene rings is 2. The Bertz CT molecular complexity index is 1090. The van der Waals surface area contributed by atoms with E-state index in [0.29, 0.717) is 19.7 Å². The van der Waals surface area contributed by atoms with Crippen LogP contribution in [0.1, 0.15) is 53.0 Å². The first-order chi connectivity index (χ1) is 17.6. The van der Waals surface area contributed by atoms with Gasteiger partial charge in [0.25, 0.3) is 0 Å². The van der Waals surface area contributed by atoms with Gasteiger partial charge in [0.15, 0.2) is 0 Å². The lowest BCUT2D eigenvalue weighted by atomic mass is 9.94. The largest absolute Gasteiger partial charge is 0.367 e. The van der Waals surface area contributed by atoms with Crippen LogP contribution in [0.3, 0.4) is 0 Å². The summed E-state index contributed by atoms with van der Waals surface area (Å²) >= 11 is 1.71. The molecule has 1 fully saturated rings. The summed E-state index contributed by atoms with van der Waals surface area (Å²) in [6.07, 6.45) is 5.27. The van der Waals surface area contributed by atoms with Gasteiger partial charge in [0.05, 0.1) is 13.2 Å². The van der Waals surface area contributed by atoms with Gasteiger partial charge in [-0.1, -0.05) is 79.9 Å². The summed E-state index contributed by atoms with van der Waals surface area (Å²) in [6, 6.07) is 24.2. The van der Waals surface area contributed by atoms with Gasteiger partial charge in [-0.15, -0.1) is 11.3 Å². The number of amides is 2. The van der Waals surface area contributed by atoms with E-state index in [1.807, 2.05) is 65.6 Å². The molecule has 36 heavy (non-hydrogen) atoms. The van der Waals surface area contributed by atoms with E-state index in [4.69, 9.17) is 4.74 Å². The summed E-state index contributed by atoms with van der Waals surface area (Å²) in [6.45, 7) is 3.61. The van der Waals surface area contributed by atoms with Gasteiger partial charge in [-0.25, -0.2) is 0 Å². The molecular weight excluding hydrogens is 468 g/mol. The molecule has 190 valence electrons. The average molecular weight is 505 g/mol.